The highest BCUT2D eigenvalue weighted by Gasteiger charge is 2.41. The van der Waals surface area contributed by atoms with Crippen molar-refractivity contribution >= 4 is 11.9 Å². The molecule has 0 aliphatic carbocycles. The largest absolute Gasteiger partial charge is 0.493 e. The number of carbonyl (C=O) groups excluding carboxylic acids is 2. The number of benzene rings is 3. The summed E-state index contributed by atoms with van der Waals surface area (Å²) in [6, 6.07) is 20.6. The van der Waals surface area contributed by atoms with Crippen molar-refractivity contribution in [1.82, 2.24) is 4.90 Å². The number of halogens is 1. The molecule has 1 aliphatic heterocycles. The van der Waals surface area contributed by atoms with Crippen molar-refractivity contribution in [2.45, 2.75) is 38.0 Å². The first-order valence-electron chi connectivity index (χ1n) is 12.1. The van der Waals surface area contributed by atoms with Gasteiger partial charge in [-0.25, -0.2) is 9.18 Å². The number of carbonyl (C=O) groups is 2. The van der Waals surface area contributed by atoms with Crippen LogP contribution in [0.4, 0.5) is 4.39 Å². The molecule has 1 heterocycles. The van der Waals surface area contributed by atoms with Crippen LogP contribution in [0.25, 0.3) is 0 Å². The van der Waals surface area contributed by atoms with Crippen LogP contribution in [0.5, 0.6) is 17.2 Å². The number of para-hydroxylation sites is 1. The third kappa shape index (κ3) is 6.58. The zero-order valence-corrected chi connectivity index (χ0v) is 20.9. The molecule has 0 spiro atoms. The van der Waals surface area contributed by atoms with Crippen LogP contribution in [-0.2, 0) is 27.4 Å². The van der Waals surface area contributed by atoms with E-state index in [1.54, 1.807) is 19.2 Å². The highest BCUT2D eigenvalue weighted by atomic mass is 19.1. The molecule has 1 amide bonds. The monoisotopic (exact) mass is 507 g/mol. The molecule has 3 aromatic carbocycles. The van der Waals surface area contributed by atoms with Gasteiger partial charge >= 0.3 is 5.97 Å². The summed E-state index contributed by atoms with van der Waals surface area (Å²) in [5.41, 5.74) is 1.92. The molecule has 0 N–H and O–H groups in total. The molecule has 4 rings (SSSR count). The fourth-order valence-electron chi connectivity index (χ4n) is 4.36. The number of hydrogen-bond acceptors (Lipinski definition) is 6. The second-order valence-corrected chi connectivity index (χ2v) is 8.75. The van der Waals surface area contributed by atoms with Crippen LogP contribution in [0.3, 0.4) is 0 Å². The van der Waals surface area contributed by atoms with E-state index in [0.29, 0.717) is 24.5 Å². The van der Waals surface area contributed by atoms with Crippen LogP contribution in [0.2, 0.25) is 0 Å². The molecule has 1 aliphatic rings. The Bertz CT molecular complexity index is 1220. The number of rotatable bonds is 10. The van der Waals surface area contributed by atoms with E-state index in [4.69, 9.17) is 18.9 Å². The van der Waals surface area contributed by atoms with E-state index in [0.717, 1.165) is 11.1 Å². The fourth-order valence-corrected chi connectivity index (χ4v) is 4.36. The van der Waals surface area contributed by atoms with Crippen LogP contribution in [0.1, 0.15) is 24.0 Å². The summed E-state index contributed by atoms with van der Waals surface area (Å²) in [5.74, 6) is 0.0534. The van der Waals surface area contributed by atoms with E-state index in [1.807, 2.05) is 48.5 Å². The van der Waals surface area contributed by atoms with Gasteiger partial charge in [-0.2, -0.15) is 0 Å². The van der Waals surface area contributed by atoms with Crippen LogP contribution in [0, 0.1) is 5.82 Å². The summed E-state index contributed by atoms with van der Waals surface area (Å²) in [5, 5.41) is 0. The van der Waals surface area contributed by atoms with Gasteiger partial charge in [0.1, 0.15) is 18.8 Å². The zero-order chi connectivity index (χ0) is 26.2. The highest BCUT2D eigenvalue weighted by Crippen LogP contribution is 2.30. The Balaban J connectivity index is 1.40. The first-order chi connectivity index (χ1) is 18.0. The maximum Gasteiger partial charge on any atom is 0.328 e. The number of esters is 1. The number of amides is 1. The third-order valence-electron chi connectivity index (χ3n) is 6.28. The zero-order valence-electron chi connectivity index (χ0n) is 20.9. The summed E-state index contributed by atoms with van der Waals surface area (Å²) in [7, 11) is 2.86. The van der Waals surface area contributed by atoms with Gasteiger partial charge in [-0.15, -0.1) is 0 Å². The van der Waals surface area contributed by atoms with Gasteiger partial charge in [-0.05, 0) is 41.8 Å². The van der Waals surface area contributed by atoms with Crippen molar-refractivity contribution in [3.63, 3.8) is 0 Å². The number of likely N-dealkylation sites (tertiary alicyclic amines) is 1. The van der Waals surface area contributed by atoms with Crippen LogP contribution < -0.4 is 14.2 Å². The molecule has 37 heavy (non-hydrogen) atoms. The minimum Gasteiger partial charge on any atom is -0.493 e. The van der Waals surface area contributed by atoms with Gasteiger partial charge in [0.2, 0.25) is 5.91 Å². The van der Waals surface area contributed by atoms with Crippen molar-refractivity contribution in [2.75, 3.05) is 20.8 Å². The average Bonchev–Trinajstić information content (AvgIpc) is 3.36. The lowest BCUT2D eigenvalue weighted by Gasteiger charge is -2.22. The second kappa shape index (κ2) is 12.3. The SMILES string of the molecule is COC(=O)C1CC(Oc2ccccc2F)CN1C(=O)CCc1ccc(OC)c(OCc2ccccc2)c1. The van der Waals surface area contributed by atoms with Gasteiger partial charge in [0.15, 0.2) is 23.1 Å². The van der Waals surface area contributed by atoms with Gasteiger partial charge in [0.05, 0.1) is 20.8 Å². The Morgan fingerprint density at radius 2 is 1.68 bits per heavy atom. The van der Waals surface area contributed by atoms with E-state index in [2.05, 4.69) is 0 Å². The summed E-state index contributed by atoms with van der Waals surface area (Å²) in [6.07, 6.45) is 0.314. The smallest absolute Gasteiger partial charge is 0.328 e. The minimum absolute atomic E-state index is 0.0895. The molecule has 8 heteroatoms. The number of hydrogen-bond donors (Lipinski definition) is 0. The Morgan fingerprint density at radius 1 is 0.919 bits per heavy atom. The van der Waals surface area contributed by atoms with Crippen molar-refractivity contribution in [1.29, 1.82) is 0 Å². The lowest BCUT2D eigenvalue weighted by atomic mass is 10.1. The summed E-state index contributed by atoms with van der Waals surface area (Å²) < 4.78 is 36.1. The molecule has 2 unspecified atom stereocenters. The molecule has 2 atom stereocenters. The Morgan fingerprint density at radius 3 is 2.41 bits per heavy atom. The molecular weight excluding hydrogens is 477 g/mol. The van der Waals surface area contributed by atoms with Gasteiger partial charge in [-0.1, -0.05) is 48.5 Å². The van der Waals surface area contributed by atoms with Crippen LogP contribution in [-0.4, -0.2) is 49.7 Å². The number of methoxy groups -OCH3 is 2. The standard InChI is InChI=1S/C29H30FNO6/c1-34-26-14-12-20(16-27(26)36-19-21-8-4-3-5-9-21)13-15-28(32)31-18-22(17-24(31)29(33)35-2)37-25-11-7-6-10-23(25)30/h3-12,14,16,22,24H,13,15,17-19H2,1-2H3. The molecule has 0 radical (unpaired) electrons. The summed E-state index contributed by atoms with van der Waals surface area (Å²) >= 11 is 0. The molecule has 194 valence electrons. The third-order valence-corrected chi connectivity index (χ3v) is 6.28. The Labute approximate surface area is 215 Å². The molecular formula is C29H30FNO6. The summed E-state index contributed by atoms with van der Waals surface area (Å²) in [4.78, 5) is 27.0. The first kappa shape index (κ1) is 26.0. The summed E-state index contributed by atoms with van der Waals surface area (Å²) in [6.45, 7) is 0.554. The van der Waals surface area contributed by atoms with Gasteiger partial charge in [-0.3, -0.25) is 4.79 Å². The number of nitrogens with zero attached hydrogens (tertiary/aromatic N) is 1. The molecule has 0 aromatic heterocycles. The van der Waals surface area contributed by atoms with E-state index >= 15 is 0 Å². The predicted octanol–water partition coefficient (Wildman–Crippen LogP) is 4.57. The van der Waals surface area contributed by atoms with Crippen molar-refractivity contribution in [3.8, 4) is 17.2 Å². The highest BCUT2D eigenvalue weighted by molar-refractivity contribution is 5.85. The lowest BCUT2D eigenvalue weighted by molar-refractivity contribution is -0.150. The van der Waals surface area contributed by atoms with Crippen molar-refractivity contribution in [2.24, 2.45) is 0 Å². The minimum atomic E-state index is -0.782. The quantitative estimate of drug-likeness (QED) is 0.375. The van der Waals surface area contributed by atoms with E-state index in [-0.39, 0.29) is 31.0 Å². The molecule has 0 bridgehead atoms. The van der Waals surface area contributed by atoms with Gasteiger partial charge in [0.25, 0.3) is 0 Å². The van der Waals surface area contributed by atoms with Crippen LogP contribution in [0.15, 0.2) is 72.8 Å². The molecule has 1 fully saturated rings. The predicted molar refractivity (Wildman–Crippen MR) is 135 cm³/mol. The lowest BCUT2D eigenvalue weighted by Crippen LogP contribution is -2.41. The van der Waals surface area contributed by atoms with Crippen molar-refractivity contribution < 1.29 is 32.9 Å². The van der Waals surface area contributed by atoms with E-state index < -0.39 is 23.9 Å². The molecule has 1 saturated heterocycles. The van der Waals surface area contributed by atoms with Crippen LogP contribution >= 0.6 is 0 Å². The Kier molecular flexibility index (Phi) is 8.61. The van der Waals surface area contributed by atoms with E-state index in [9.17, 15) is 14.0 Å². The molecule has 3 aromatic rings. The van der Waals surface area contributed by atoms with Gasteiger partial charge < -0.3 is 23.8 Å². The average molecular weight is 508 g/mol. The first-order valence-corrected chi connectivity index (χ1v) is 12.1. The van der Waals surface area contributed by atoms with Gasteiger partial charge in [0, 0.05) is 12.8 Å². The second-order valence-electron chi connectivity index (χ2n) is 8.75. The normalized spacial score (nSPS) is 16.8. The maximum atomic E-state index is 14.1. The number of aryl methyl sites for hydroxylation is 1. The van der Waals surface area contributed by atoms with Crippen molar-refractivity contribution in [3.05, 3.63) is 89.7 Å². The topological polar surface area (TPSA) is 74.3 Å². The maximum absolute atomic E-state index is 14.1. The Hall–Kier alpha value is -4.07. The number of ether oxygens (including phenoxy) is 4. The molecule has 0 saturated carbocycles. The molecule has 7 nitrogen and oxygen atoms in total. The fraction of sp³-hybridized carbons (Fsp3) is 0.310. The van der Waals surface area contributed by atoms with E-state index in [1.165, 1.54) is 24.1 Å².